The lowest BCUT2D eigenvalue weighted by Gasteiger charge is -2.43. The van der Waals surface area contributed by atoms with Crippen molar-refractivity contribution in [1.29, 1.82) is 0 Å². The highest BCUT2D eigenvalue weighted by Crippen LogP contribution is 2.45. The van der Waals surface area contributed by atoms with Gasteiger partial charge in [-0.15, -0.1) is 0 Å². The number of carbonyl (C=O) groups excluding carboxylic acids is 1. The fraction of sp³-hybridized carbons (Fsp3) is 0.364. The number of carbonyl (C=O) groups is 1. The number of halogens is 2. The summed E-state index contributed by atoms with van der Waals surface area (Å²) < 4.78 is 5.52. The third kappa shape index (κ3) is 1.55. The number of hydrogen-bond acceptors (Lipinski definition) is 3. The summed E-state index contributed by atoms with van der Waals surface area (Å²) in [5, 5.41) is 1.40. The van der Waals surface area contributed by atoms with Gasteiger partial charge in [-0.2, -0.15) is 0 Å². The number of ketones is 1. The summed E-state index contributed by atoms with van der Waals surface area (Å²) in [6.45, 7) is 2.96. The minimum atomic E-state index is -1.59. The van der Waals surface area contributed by atoms with Crippen molar-refractivity contribution in [2.45, 2.75) is 23.9 Å². The maximum absolute atomic E-state index is 11.6. The number of hydrogen-bond donors (Lipinski definition) is 1. The van der Waals surface area contributed by atoms with Crippen LogP contribution >= 0.6 is 23.2 Å². The van der Waals surface area contributed by atoms with Crippen molar-refractivity contribution in [3.05, 3.63) is 24.3 Å². The second kappa shape index (κ2) is 3.54. The van der Waals surface area contributed by atoms with E-state index in [2.05, 4.69) is 5.32 Å². The van der Waals surface area contributed by atoms with Crippen molar-refractivity contribution in [3.8, 4) is 5.75 Å². The molecule has 1 aliphatic rings. The van der Waals surface area contributed by atoms with Gasteiger partial charge in [-0.3, -0.25) is 4.79 Å². The highest BCUT2D eigenvalue weighted by molar-refractivity contribution is 6.42. The zero-order valence-corrected chi connectivity index (χ0v) is 10.4. The van der Waals surface area contributed by atoms with Gasteiger partial charge in [-0.1, -0.05) is 35.3 Å². The summed E-state index contributed by atoms with van der Waals surface area (Å²) in [5.74, 6) is 0.180. The number of rotatable bonds is 1. The van der Waals surface area contributed by atoms with E-state index in [4.69, 9.17) is 27.9 Å². The van der Waals surface area contributed by atoms with Crippen molar-refractivity contribution < 1.29 is 9.53 Å². The Bertz CT molecular complexity index is 447. The SMILES string of the molecule is CC(=O)C1(Cl)Oc2ccccc2NC1(C)Cl. The van der Waals surface area contributed by atoms with Gasteiger partial charge >= 0.3 is 0 Å². The van der Waals surface area contributed by atoms with E-state index in [1.165, 1.54) is 6.92 Å². The lowest BCUT2D eigenvalue weighted by molar-refractivity contribution is -0.127. The molecule has 0 bridgehead atoms. The predicted octanol–water partition coefficient (Wildman–Crippen LogP) is 2.97. The molecule has 0 saturated carbocycles. The van der Waals surface area contributed by atoms with Gasteiger partial charge in [0, 0.05) is 6.92 Å². The predicted molar refractivity (Wildman–Crippen MR) is 64.2 cm³/mol. The third-order valence-corrected chi connectivity index (χ3v) is 3.74. The highest BCUT2D eigenvalue weighted by atomic mass is 35.5. The van der Waals surface area contributed by atoms with Crippen LogP contribution in [0.15, 0.2) is 24.3 Å². The number of ether oxygens (including phenoxy) is 1. The molecule has 5 heteroatoms. The average Bonchev–Trinajstić information content (AvgIpc) is 2.18. The fourth-order valence-electron chi connectivity index (χ4n) is 1.64. The smallest absolute Gasteiger partial charge is 0.276 e. The monoisotopic (exact) mass is 259 g/mol. The Kier molecular flexibility index (Phi) is 2.55. The van der Waals surface area contributed by atoms with Crippen LogP contribution in [-0.2, 0) is 4.79 Å². The molecule has 16 heavy (non-hydrogen) atoms. The van der Waals surface area contributed by atoms with Crippen LogP contribution in [0, 0.1) is 0 Å². The van der Waals surface area contributed by atoms with Gasteiger partial charge in [0.1, 0.15) is 5.75 Å². The second-order valence-corrected chi connectivity index (χ2v) is 5.17. The quantitative estimate of drug-likeness (QED) is 0.623. The van der Waals surface area contributed by atoms with E-state index in [0.717, 1.165) is 5.69 Å². The van der Waals surface area contributed by atoms with Gasteiger partial charge in [0.15, 0.2) is 10.8 Å². The summed E-state index contributed by atoms with van der Waals surface area (Å²) in [4.78, 5) is 10.4. The molecule has 0 saturated heterocycles. The van der Waals surface area contributed by atoms with Crippen LogP contribution in [0.2, 0.25) is 0 Å². The summed E-state index contributed by atoms with van der Waals surface area (Å²) >= 11 is 12.4. The molecular formula is C11H11Cl2NO2. The number of para-hydroxylation sites is 2. The standard InChI is InChI=1S/C11H11Cl2NO2/c1-7(15)11(13)10(2,12)14-8-5-3-4-6-9(8)16-11/h3-6,14H,1-2H3. The number of fused-ring (bicyclic) bond motifs is 1. The molecule has 0 amide bonds. The van der Waals surface area contributed by atoms with Crippen molar-refractivity contribution >= 4 is 34.7 Å². The van der Waals surface area contributed by atoms with Crippen LogP contribution < -0.4 is 10.1 Å². The molecule has 1 aliphatic heterocycles. The highest BCUT2D eigenvalue weighted by Gasteiger charge is 2.55. The van der Waals surface area contributed by atoms with Gasteiger partial charge in [0.05, 0.1) is 5.69 Å². The third-order valence-electron chi connectivity index (χ3n) is 2.56. The topological polar surface area (TPSA) is 38.3 Å². The Labute approximate surface area is 104 Å². The van der Waals surface area contributed by atoms with Gasteiger partial charge in [0.25, 0.3) is 5.06 Å². The van der Waals surface area contributed by atoms with E-state index in [9.17, 15) is 4.79 Å². The molecule has 0 radical (unpaired) electrons. The first kappa shape index (κ1) is 11.6. The van der Waals surface area contributed by atoms with Crippen molar-refractivity contribution in [2.75, 3.05) is 5.32 Å². The summed E-state index contributed by atoms with van der Waals surface area (Å²) in [7, 11) is 0. The van der Waals surface area contributed by atoms with Gasteiger partial charge in [-0.05, 0) is 19.1 Å². The Morgan fingerprint density at radius 1 is 1.38 bits per heavy atom. The molecule has 1 aromatic rings. The Morgan fingerprint density at radius 3 is 2.62 bits per heavy atom. The molecule has 0 aromatic heterocycles. The Morgan fingerprint density at radius 2 is 2.00 bits per heavy atom. The van der Waals surface area contributed by atoms with E-state index in [1.54, 1.807) is 19.1 Å². The van der Waals surface area contributed by atoms with Crippen LogP contribution in [-0.4, -0.2) is 15.8 Å². The zero-order valence-electron chi connectivity index (χ0n) is 8.88. The normalized spacial score (nSPS) is 32.2. The van der Waals surface area contributed by atoms with Crippen LogP contribution in [0.3, 0.4) is 0 Å². The van der Waals surface area contributed by atoms with E-state index < -0.39 is 10.1 Å². The minimum Gasteiger partial charge on any atom is -0.458 e. The van der Waals surface area contributed by atoms with E-state index in [0.29, 0.717) is 5.75 Å². The van der Waals surface area contributed by atoms with Crippen molar-refractivity contribution in [1.82, 2.24) is 0 Å². The lowest BCUT2D eigenvalue weighted by atomic mass is 10.0. The fourth-order valence-corrected chi connectivity index (χ4v) is 2.05. The van der Waals surface area contributed by atoms with Crippen LogP contribution in [0.1, 0.15) is 13.8 Å². The molecule has 1 aromatic carbocycles. The molecule has 2 atom stereocenters. The van der Waals surface area contributed by atoms with Crippen LogP contribution in [0.25, 0.3) is 0 Å². The number of benzene rings is 1. The maximum Gasteiger partial charge on any atom is 0.276 e. The number of Topliss-reactive ketones (excluding diaryl/α,β-unsaturated/α-hetero) is 1. The first-order valence-corrected chi connectivity index (χ1v) is 5.57. The number of nitrogens with one attached hydrogen (secondary N) is 1. The summed E-state index contributed by atoms with van der Waals surface area (Å²) in [6, 6.07) is 7.19. The first-order chi connectivity index (χ1) is 7.37. The Hall–Kier alpha value is -0.930. The number of alkyl halides is 2. The zero-order chi connectivity index (χ0) is 12.0. The van der Waals surface area contributed by atoms with E-state index in [-0.39, 0.29) is 5.78 Å². The molecule has 2 unspecified atom stereocenters. The lowest BCUT2D eigenvalue weighted by Crippen LogP contribution is -2.59. The minimum absolute atomic E-state index is 0.339. The molecule has 1 N–H and O–H groups in total. The second-order valence-electron chi connectivity index (χ2n) is 3.88. The molecular weight excluding hydrogens is 249 g/mol. The summed E-state index contributed by atoms with van der Waals surface area (Å²) in [5.41, 5.74) is 0.720. The summed E-state index contributed by atoms with van der Waals surface area (Å²) in [6.07, 6.45) is 0. The first-order valence-electron chi connectivity index (χ1n) is 4.82. The molecule has 1 heterocycles. The molecule has 0 spiro atoms. The molecule has 0 fully saturated rings. The molecule has 2 rings (SSSR count). The largest absolute Gasteiger partial charge is 0.458 e. The van der Waals surface area contributed by atoms with E-state index >= 15 is 0 Å². The maximum atomic E-state index is 11.6. The van der Waals surface area contributed by atoms with Gasteiger partial charge < -0.3 is 10.1 Å². The number of anilines is 1. The molecule has 3 nitrogen and oxygen atoms in total. The van der Waals surface area contributed by atoms with Crippen molar-refractivity contribution in [3.63, 3.8) is 0 Å². The van der Waals surface area contributed by atoms with Crippen molar-refractivity contribution in [2.24, 2.45) is 0 Å². The molecule has 86 valence electrons. The van der Waals surface area contributed by atoms with E-state index in [1.807, 2.05) is 12.1 Å². The van der Waals surface area contributed by atoms with Gasteiger partial charge in [0.2, 0.25) is 0 Å². The Balaban J connectivity index is 2.51. The van der Waals surface area contributed by atoms with Crippen LogP contribution in [0.5, 0.6) is 5.75 Å². The van der Waals surface area contributed by atoms with Gasteiger partial charge in [-0.25, -0.2) is 0 Å². The molecule has 0 aliphatic carbocycles. The average molecular weight is 260 g/mol. The van der Waals surface area contributed by atoms with Crippen LogP contribution in [0.4, 0.5) is 5.69 Å².